The van der Waals surface area contributed by atoms with Gasteiger partial charge >= 0.3 is 5.97 Å². The number of imide groups is 1. The molecule has 1 N–H and O–H groups in total. The summed E-state index contributed by atoms with van der Waals surface area (Å²) in [7, 11) is 0. The number of ether oxygens (including phenoxy) is 1. The standard InChI is InChI=1S/C17H25N5O4/c1-17(2,3)26-16(25)13-5-4-8-21(13)9-11-10-22(20-19-11)12-6-7-14(23)18-15(12)24/h10,12-13H,4-9H2,1-3H3,(H,18,23,24). The van der Waals surface area contributed by atoms with Crippen molar-refractivity contribution in [3.8, 4) is 0 Å². The Morgan fingerprint density at radius 3 is 2.81 bits per heavy atom. The second-order valence-electron chi connectivity index (χ2n) is 7.82. The van der Waals surface area contributed by atoms with Crippen LogP contribution in [0, 0.1) is 0 Å². The van der Waals surface area contributed by atoms with Crippen molar-refractivity contribution in [2.24, 2.45) is 0 Å². The van der Waals surface area contributed by atoms with Gasteiger partial charge in [0.1, 0.15) is 17.7 Å². The maximum absolute atomic E-state index is 12.4. The lowest BCUT2D eigenvalue weighted by Crippen LogP contribution is -2.42. The zero-order valence-corrected chi connectivity index (χ0v) is 15.4. The lowest BCUT2D eigenvalue weighted by molar-refractivity contribution is -0.160. The van der Waals surface area contributed by atoms with E-state index in [0.717, 1.165) is 19.4 Å². The molecule has 0 radical (unpaired) electrons. The fourth-order valence-corrected chi connectivity index (χ4v) is 3.33. The first-order valence-corrected chi connectivity index (χ1v) is 8.94. The molecule has 2 unspecified atom stereocenters. The molecule has 3 rings (SSSR count). The summed E-state index contributed by atoms with van der Waals surface area (Å²) in [5.74, 6) is -0.832. The highest BCUT2D eigenvalue weighted by molar-refractivity contribution is 5.99. The first kappa shape index (κ1) is 18.5. The Balaban J connectivity index is 1.64. The Labute approximate surface area is 152 Å². The molecule has 9 heteroatoms. The number of aromatic nitrogens is 3. The molecule has 3 heterocycles. The summed E-state index contributed by atoms with van der Waals surface area (Å²) in [5, 5.41) is 10.5. The van der Waals surface area contributed by atoms with E-state index < -0.39 is 11.6 Å². The first-order valence-electron chi connectivity index (χ1n) is 8.94. The lowest BCUT2D eigenvalue weighted by atomic mass is 10.1. The predicted molar refractivity (Wildman–Crippen MR) is 90.7 cm³/mol. The molecule has 2 saturated heterocycles. The maximum atomic E-state index is 12.4. The van der Waals surface area contributed by atoms with Gasteiger partial charge in [-0.2, -0.15) is 0 Å². The molecule has 2 aliphatic rings. The van der Waals surface area contributed by atoms with Gasteiger partial charge in [-0.25, -0.2) is 4.68 Å². The highest BCUT2D eigenvalue weighted by Crippen LogP contribution is 2.23. The first-order chi connectivity index (χ1) is 12.2. The largest absolute Gasteiger partial charge is 0.459 e. The van der Waals surface area contributed by atoms with Crippen LogP contribution in [0.3, 0.4) is 0 Å². The van der Waals surface area contributed by atoms with Gasteiger partial charge in [0, 0.05) is 13.0 Å². The number of hydrogen-bond donors (Lipinski definition) is 1. The number of likely N-dealkylation sites (tertiary alicyclic amines) is 1. The molecule has 0 bridgehead atoms. The Kier molecular flexibility index (Phi) is 5.08. The van der Waals surface area contributed by atoms with Crippen LogP contribution in [0.5, 0.6) is 0 Å². The van der Waals surface area contributed by atoms with E-state index in [-0.39, 0.29) is 23.8 Å². The topological polar surface area (TPSA) is 106 Å². The van der Waals surface area contributed by atoms with Gasteiger partial charge in [0.25, 0.3) is 5.91 Å². The number of nitrogens with zero attached hydrogens (tertiary/aromatic N) is 4. The van der Waals surface area contributed by atoms with Gasteiger partial charge < -0.3 is 4.74 Å². The Bertz CT molecular complexity index is 708. The van der Waals surface area contributed by atoms with E-state index in [0.29, 0.717) is 25.1 Å². The molecule has 2 fully saturated rings. The van der Waals surface area contributed by atoms with Crippen molar-refractivity contribution in [2.45, 2.75) is 70.7 Å². The van der Waals surface area contributed by atoms with E-state index in [9.17, 15) is 14.4 Å². The van der Waals surface area contributed by atoms with Crippen molar-refractivity contribution in [1.82, 2.24) is 25.2 Å². The molecule has 0 aromatic carbocycles. The number of amides is 2. The predicted octanol–water partition coefficient (Wildman–Crippen LogP) is 0.562. The quantitative estimate of drug-likeness (QED) is 0.615. The Morgan fingerprint density at radius 2 is 2.12 bits per heavy atom. The number of piperidine rings is 1. The van der Waals surface area contributed by atoms with Gasteiger partial charge in [-0.3, -0.25) is 24.6 Å². The number of carbonyl (C=O) groups is 3. The van der Waals surface area contributed by atoms with Gasteiger partial charge in [-0.15, -0.1) is 5.10 Å². The van der Waals surface area contributed by atoms with Crippen LogP contribution < -0.4 is 5.32 Å². The van der Waals surface area contributed by atoms with Crippen LogP contribution >= 0.6 is 0 Å². The molecule has 0 aliphatic carbocycles. The number of hydrogen-bond acceptors (Lipinski definition) is 7. The SMILES string of the molecule is CC(C)(C)OC(=O)C1CCCN1Cc1cn(C2CCC(=O)NC2=O)nn1. The molecule has 1 aromatic heterocycles. The molecule has 0 spiro atoms. The summed E-state index contributed by atoms with van der Waals surface area (Å²) in [5.41, 5.74) is 0.172. The minimum absolute atomic E-state index is 0.215. The molecule has 0 saturated carbocycles. The van der Waals surface area contributed by atoms with E-state index in [2.05, 4.69) is 15.6 Å². The summed E-state index contributed by atoms with van der Waals surface area (Å²) < 4.78 is 7.00. The molecule has 1 aromatic rings. The number of rotatable bonds is 4. The molecule has 2 amide bonds. The summed E-state index contributed by atoms with van der Waals surface area (Å²) in [6.45, 7) is 6.83. The Morgan fingerprint density at radius 1 is 1.35 bits per heavy atom. The van der Waals surface area contributed by atoms with E-state index in [1.54, 1.807) is 6.20 Å². The zero-order valence-electron chi connectivity index (χ0n) is 15.4. The summed E-state index contributed by atoms with van der Waals surface area (Å²) in [6.07, 6.45) is 4.10. The number of carbonyl (C=O) groups excluding carboxylic acids is 3. The van der Waals surface area contributed by atoms with Crippen molar-refractivity contribution in [3.05, 3.63) is 11.9 Å². The number of esters is 1. The third-order valence-electron chi connectivity index (χ3n) is 4.49. The van der Waals surface area contributed by atoms with Crippen LogP contribution in [0.15, 0.2) is 6.20 Å². The van der Waals surface area contributed by atoms with Gasteiger partial charge in [0.05, 0.1) is 11.9 Å². The van der Waals surface area contributed by atoms with Gasteiger partial charge in [-0.05, 0) is 46.6 Å². The van der Waals surface area contributed by atoms with Gasteiger partial charge in [0.2, 0.25) is 5.91 Å². The van der Waals surface area contributed by atoms with Crippen LogP contribution in [-0.2, 0) is 25.7 Å². The highest BCUT2D eigenvalue weighted by Gasteiger charge is 2.35. The average molecular weight is 363 g/mol. The average Bonchev–Trinajstić information content (AvgIpc) is 3.15. The molecular weight excluding hydrogens is 338 g/mol. The van der Waals surface area contributed by atoms with Gasteiger partial charge in [0.15, 0.2) is 0 Å². The van der Waals surface area contributed by atoms with Crippen molar-refractivity contribution >= 4 is 17.8 Å². The second kappa shape index (κ2) is 7.14. The molecule has 26 heavy (non-hydrogen) atoms. The maximum Gasteiger partial charge on any atom is 0.323 e. The third kappa shape index (κ3) is 4.27. The fourth-order valence-electron chi connectivity index (χ4n) is 3.33. The van der Waals surface area contributed by atoms with Crippen molar-refractivity contribution < 1.29 is 19.1 Å². The van der Waals surface area contributed by atoms with E-state index in [4.69, 9.17) is 4.74 Å². The van der Waals surface area contributed by atoms with Crippen molar-refractivity contribution in [3.63, 3.8) is 0 Å². The zero-order chi connectivity index (χ0) is 18.9. The van der Waals surface area contributed by atoms with Crippen LogP contribution in [0.25, 0.3) is 0 Å². The third-order valence-corrected chi connectivity index (χ3v) is 4.49. The van der Waals surface area contributed by atoms with E-state index in [1.165, 1.54) is 4.68 Å². The summed E-state index contributed by atoms with van der Waals surface area (Å²) >= 11 is 0. The fraction of sp³-hybridized carbons (Fsp3) is 0.706. The smallest absolute Gasteiger partial charge is 0.323 e. The van der Waals surface area contributed by atoms with Crippen LogP contribution in [0.2, 0.25) is 0 Å². The van der Waals surface area contributed by atoms with Crippen molar-refractivity contribution in [2.75, 3.05) is 6.54 Å². The number of nitrogens with one attached hydrogen (secondary N) is 1. The molecular formula is C17H25N5O4. The molecule has 2 aliphatic heterocycles. The second-order valence-corrected chi connectivity index (χ2v) is 7.82. The summed E-state index contributed by atoms with van der Waals surface area (Å²) in [6, 6.07) is -0.802. The minimum atomic E-state index is -0.519. The van der Waals surface area contributed by atoms with Crippen LogP contribution in [0.1, 0.15) is 58.2 Å². The van der Waals surface area contributed by atoms with E-state index >= 15 is 0 Å². The van der Waals surface area contributed by atoms with Crippen LogP contribution in [-0.4, -0.2) is 55.9 Å². The molecule has 9 nitrogen and oxygen atoms in total. The monoisotopic (exact) mass is 363 g/mol. The van der Waals surface area contributed by atoms with Crippen LogP contribution in [0.4, 0.5) is 0 Å². The normalized spacial score (nSPS) is 24.6. The Hall–Kier alpha value is -2.29. The molecule has 2 atom stereocenters. The lowest BCUT2D eigenvalue weighted by Gasteiger charge is -2.26. The van der Waals surface area contributed by atoms with Crippen molar-refractivity contribution in [1.29, 1.82) is 0 Å². The molecule has 142 valence electrons. The minimum Gasteiger partial charge on any atom is -0.459 e. The highest BCUT2D eigenvalue weighted by atomic mass is 16.6. The summed E-state index contributed by atoms with van der Waals surface area (Å²) in [4.78, 5) is 37.6. The van der Waals surface area contributed by atoms with E-state index in [1.807, 2.05) is 25.7 Å². The van der Waals surface area contributed by atoms with Gasteiger partial charge in [-0.1, -0.05) is 5.21 Å².